The zero-order valence-corrected chi connectivity index (χ0v) is 12.1. The third-order valence-corrected chi connectivity index (χ3v) is 3.41. The largest absolute Gasteiger partial charge is 0.372 e. The Hall–Kier alpha value is -0.840. The second-order valence-electron chi connectivity index (χ2n) is 4.60. The molecule has 1 fully saturated rings. The molecule has 1 saturated heterocycles. The molecule has 0 unspecified atom stereocenters. The van der Waals surface area contributed by atoms with Gasteiger partial charge in [0, 0.05) is 23.8 Å². The SMILES string of the molecule is C[C@@H]1CN(C(=S)Nc2ccc(Cl)cc2)C[C@@H](C)O1. The van der Waals surface area contributed by atoms with E-state index in [1.807, 2.05) is 24.3 Å². The van der Waals surface area contributed by atoms with E-state index in [1.54, 1.807) is 0 Å². The molecule has 2 atom stereocenters. The van der Waals surface area contributed by atoms with Crippen molar-refractivity contribution in [3.05, 3.63) is 29.3 Å². The van der Waals surface area contributed by atoms with Crippen molar-refractivity contribution in [2.45, 2.75) is 26.1 Å². The van der Waals surface area contributed by atoms with Crippen LogP contribution in [0.25, 0.3) is 0 Å². The number of benzene rings is 1. The Bertz CT molecular complexity index is 414. The van der Waals surface area contributed by atoms with Gasteiger partial charge in [0.15, 0.2) is 5.11 Å². The number of halogens is 1. The quantitative estimate of drug-likeness (QED) is 0.801. The molecule has 0 amide bonds. The highest BCUT2D eigenvalue weighted by atomic mass is 35.5. The molecule has 0 radical (unpaired) electrons. The molecule has 5 heteroatoms. The topological polar surface area (TPSA) is 24.5 Å². The molecule has 2 rings (SSSR count). The highest BCUT2D eigenvalue weighted by Crippen LogP contribution is 2.16. The van der Waals surface area contributed by atoms with Crippen LogP contribution in [0, 0.1) is 0 Å². The highest BCUT2D eigenvalue weighted by molar-refractivity contribution is 7.80. The van der Waals surface area contributed by atoms with E-state index in [0.29, 0.717) is 0 Å². The molecule has 0 aromatic heterocycles. The van der Waals surface area contributed by atoms with Crippen molar-refractivity contribution >= 4 is 34.6 Å². The van der Waals surface area contributed by atoms with Crippen molar-refractivity contribution in [2.75, 3.05) is 18.4 Å². The van der Waals surface area contributed by atoms with Crippen LogP contribution < -0.4 is 5.32 Å². The van der Waals surface area contributed by atoms with Crippen molar-refractivity contribution in [2.24, 2.45) is 0 Å². The van der Waals surface area contributed by atoms with Gasteiger partial charge in [-0.1, -0.05) is 11.6 Å². The lowest BCUT2D eigenvalue weighted by Crippen LogP contribution is -2.49. The summed E-state index contributed by atoms with van der Waals surface area (Å²) >= 11 is 11.3. The first kappa shape index (κ1) is 13.6. The minimum Gasteiger partial charge on any atom is -0.372 e. The Morgan fingerprint density at radius 3 is 2.39 bits per heavy atom. The lowest BCUT2D eigenvalue weighted by Gasteiger charge is -2.36. The van der Waals surface area contributed by atoms with Crippen molar-refractivity contribution in [3.8, 4) is 0 Å². The maximum atomic E-state index is 5.85. The number of nitrogens with zero attached hydrogens (tertiary/aromatic N) is 1. The van der Waals surface area contributed by atoms with Gasteiger partial charge < -0.3 is 15.0 Å². The number of hydrogen-bond donors (Lipinski definition) is 1. The summed E-state index contributed by atoms with van der Waals surface area (Å²) in [5, 5.41) is 4.68. The number of nitrogens with one attached hydrogen (secondary N) is 1. The number of hydrogen-bond acceptors (Lipinski definition) is 2. The number of thiocarbonyl (C=S) groups is 1. The second-order valence-corrected chi connectivity index (χ2v) is 5.42. The summed E-state index contributed by atoms with van der Waals surface area (Å²) < 4.78 is 5.69. The number of anilines is 1. The summed E-state index contributed by atoms with van der Waals surface area (Å²) in [4.78, 5) is 2.14. The zero-order valence-electron chi connectivity index (χ0n) is 10.5. The third-order valence-electron chi connectivity index (χ3n) is 2.80. The van der Waals surface area contributed by atoms with Crippen LogP contribution in [-0.2, 0) is 4.74 Å². The van der Waals surface area contributed by atoms with Gasteiger partial charge in [-0.2, -0.15) is 0 Å². The van der Waals surface area contributed by atoms with Crippen LogP contribution >= 0.6 is 23.8 Å². The summed E-state index contributed by atoms with van der Waals surface area (Å²) in [6.07, 6.45) is 0.414. The normalized spacial score (nSPS) is 23.8. The fraction of sp³-hybridized carbons (Fsp3) is 0.462. The van der Waals surface area contributed by atoms with Crippen molar-refractivity contribution in [1.29, 1.82) is 0 Å². The van der Waals surface area contributed by atoms with Crippen LogP contribution in [0.5, 0.6) is 0 Å². The molecular weight excluding hydrogens is 268 g/mol. The van der Waals surface area contributed by atoms with Gasteiger partial charge in [-0.15, -0.1) is 0 Å². The van der Waals surface area contributed by atoms with E-state index >= 15 is 0 Å². The molecule has 1 aliphatic heterocycles. The molecule has 1 aromatic carbocycles. The zero-order chi connectivity index (χ0) is 13.1. The van der Waals surface area contributed by atoms with Gasteiger partial charge in [0.05, 0.1) is 12.2 Å². The van der Waals surface area contributed by atoms with E-state index in [9.17, 15) is 0 Å². The van der Waals surface area contributed by atoms with Gasteiger partial charge in [-0.05, 0) is 50.3 Å². The molecule has 1 aromatic rings. The first-order valence-corrected chi connectivity index (χ1v) is 6.80. The van der Waals surface area contributed by atoms with E-state index < -0.39 is 0 Å². The minimum absolute atomic E-state index is 0.207. The smallest absolute Gasteiger partial charge is 0.173 e. The maximum absolute atomic E-state index is 5.85. The third kappa shape index (κ3) is 3.57. The molecule has 0 saturated carbocycles. The molecule has 0 spiro atoms. The van der Waals surface area contributed by atoms with Gasteiger partial charge in [0.25, 0.3) is 0 Å². The fourth-order valence-electron chi connectivity index (χ4n) is 2.08. The standard InChI is InChI=1S/C13H17ClN2OS/c1-9-7-16(8-10(2)17-9)13(18)15-12-5-3-11(14)4-6-12/h3-6,9-10H,7-8H2,1-2H3,(H,15,18)/t9-,10-/m1/s1. The Kier molecular flexibility index (Phi) is 4.43. The fourth-order valence-corrected chi connectivity index (χ4v) is 2.47. The summed E-state index contributed by atoms with van der Waals surface area (Å²) in [7, 11) is 0. The lowest BCUT2D eigenvalue weighted by molar-refractivity contribution is -0.0473. The Balaban J connectivity index is 1.97. The summed E-state index contributed by atoms with van der Waals surface area (Å²) in [6.45, 7) is 5.77. The van der Waals surface area contributed by atoms with Crippen molar-refractivity contribution < 1.29 is 4.74 Å². The van der Waals surface area contributed by atoms with E-state index in [4.69, 9.17) is 28.6 Å². The Morgan fingerprint density at radius 2 is 1.83 bits per heavy atom. The van der Waals surface area contributed by atoms with Crippen LogP contribution in [0.15, 0.2) is 24.3 Å². The molecule has 1 aliphatic rings. The first-order valence-electron chi connectivity index (χ1n) is 6.01. The van der Waals surface area contributed by atoms with Gasteiger partial charge in [-0.3, -0.25) is 0 Å². The van der Waals surface area contributed by atoms with Crippen LogP contribution in [0.4, 0.5) is 5.69 Å². The van der Waals surface area contributed by atoms with Gasteiger partial charge in [0.1, 0.15) is 0 Å². The molecule has 98 valence electrons. The van der Waals surface area contributed by atoms with E-state index in [2.05, 4.69) is 24.1 Å². The van der Waals surface area contributed by atoms with Gasteiger partial charge in [-0.25, -0.2) is 0 Å². The molecular formula is C13H17ClN2OS. The summed E-state index contributed by atoms with van der Waals surface area (Å²) in [5.74, 6) is 0. The monoisotopic (exact) mass is 284 g/mol. The molecule has 18 heavy (non-hydrogen) atoms. The molecule has 1 heterocycles. The van der Waals surface area contributed by atoms with Crippen LogP contribution in [0.2, 0.25) is 5.02 Å². The number of ether oxygens (including phenoxy) is 1. The van der Waals surface area contributed by atoms with Crippen LogP contribution in [-0.4, -0.2) is 35.3 Å². The average Bonchev–Trinajstić information content (AvgIpc) is 2.31. The van der Waals surface area contributed by atoms with Crippen molar-refractivity contribution in [1.82, 2.24) is 4.90 Å². The van der Waals surface area contributed by atoms with E-state index in [-0.39, 0.29) is 12.2 Å². The summed E-state index contributed by atoms with van der Waals surface area (Å²) in [6, 6.07) is 7.53. The molecule has 0 bridgehead atoms. The molecule has 3 nitrogen and oxygen atoms in total. The number of morpholine rings is 1. The maximum Gasteiger partial charge on any atom is 0.173 e. The van der Waals surface area contributed by atoms with E-state index in [0.717, 1.165) is 28.9 Å². The molecule has 1 N–H and O–H groups in total. The second kappa shape index (κ2) is 5.87. The highest BCUT2D eigenvalue weighted by Gasteiger charge is 2.23. The van der Waals surface area contributed by atoms with Crippen LogP contribution in [0.3, 0.4) is 0 Å². The predicted molar refractivity (Wildman–Crippen MR) is 79.3 cm³/mol. The predicted octanol–water partition coefficient (Wildman–Crippen LogP) is 3.15. The van der Waals surface area contributed by atoms with E-state index in [1.165, 1.54) is 0 Å². The number of rotatable bonds is 1. The minimum atomic E-state index is 0.207. The average molecular weight is 285 g/mol. The van der Waals surface area contributed by atoms with Crippen molar-refractivity contribution in [3.63, 3.8) is 0 Å². The lowest BCUT2D eigenvalue weighted by atomic mass is 10.2. The summed E-state index contributed by atoms with van der Waals surface area (Å²) in [5.41, 5.74) is 0.955. The molecule has 0 aliphatic carbocycles. The Morgan fingerprint density at radius 1 is 1.28 bits per heavy atom. The van der Waals surface area contributed by atoms with Gasteiger partial charge in [0.2, 0.25) is 0 Å². The Labute approximate surface area is 118 Å². The first-order chi connectivity index (χ1) is 8.54. The van der Waals surface area contributed by atoms with Gasteiger partial charge >= 0.3 is 0 Å². The van der Waals surface area contributed by atoms with Crippen LogP contribution in [0.1, 0.15) is 13.8 Å².